The lowest BCUT2D eigenvalue weighted by molar-refractivity contribution is 0.0735. The van der Waals surface area contributed by atoms with Crippen molar-refractivity contribution in [2.45, 2.75) is 19.4 Å². The Morgan fingerprint density at radius 1 is 1.50 bits per heavy atom. The number of furan rings is 1. The molecule has 1 amide bonds. The van der Waals surface area contributed by atoms with Gasteiger partial charge in [0.1, 0.15) is 11.3 Å². The Hall–Kier alpha value is -2.01. The van der Waals surface area contributed by atoms with Gasteiger partial charge >= 0.3 is 0 Å². The fourth-order valence-corrected chi connectivity index (χ4v) is 2.61. The lowest BCUT2D eigenvalue weighted by Gasteiger charge is -2.13. The zero-order valence-corrected chi connectivity index (χ0v) is 11.5. The van der Waals surface area contributed by atoms with Crippen molar-refractivity contribution < 1.29 is 19.1 Å². The number of amides is 1. The summed E-state index contributed by atoms with van der Waals surface area (Å²) in [6.45, 7) is 2.82. The lowest BCUT2D eigenvalue weighted by Crippen LogP contribution is -2.29. The zero-order valence-electron chi connectivity index (χ0n) is 11.5. The molecule has 1 N–H and O–H groups in total. The number of likely N-dealkylation sites (tertiary alicyclic amines) is 1. The number of ether oxygens (including phenoxy) is 1. The van der Waals surface area contributed by atoms with Crippen molar-refractivity contribution in [3.8, 4) is 5.75 Å². The van der Waals surface area contributed by atoms with E-state index in [4.69, 9.17) is 9.15 Å². The number of benzene rings is 1. The summed E-state index contributed by atoms with van der Waals surface area (Å²) in [7, 11) is 1.59. The molecule has 1 atom stereocenters. The first-order chi connectivity index (χ1) is 9.60. The molecule has 1 aliphatic rings. The second-order valence-electron chi connectivity index (χ2n) is 5.11. The van der Waals surface area contributed by atoms with Crippen molar-refractivity contribution in [3.63, 3.8) is 0 Å². The number of aliphatic hydroxyl groups is 1. The molecular formula is C15H17NO4. The van der Waals surface area contributed by atoms with Crippen LogP contribution in [0, 0.1) is 6.92 Å². The molecule has 1 aromatic heterocycles. The SMILES string of the molecule is COc1ccc2c(C)c(C(=O)N3CCC(O)C3)oc2c1. The molecule has 0 spiro atoms. The van der Waals surface area contributed by atoms with Gasteiger partial charge in [0.15, 0.2) is 5.76 Å². The summed E-state index contributed by atoms with van der Waals surface area (Å²) in [4.78, 5) is 14.1. The van der Waals surface area contributed by atoms with Crippen LogP contribution < -0.4 is 4.74 Å². The van der Waals surface area contributed by atoms with Crippen LogP contribution in [-0.4, -0.2) is 42.2 Å². The summed E-state index contributed by atoms with van der Waals surface area (Å²) < 4.78 is 10.9. The summed E-state index contributed by atoms with van der Waals surface area (Å²) in [6.07, 6.45) is 0.197. The molecule has 20 heavy (non-hydrogen) atoms. The average molecular weight is 275 g/mol. The molecule has 106 valence electrons. The van der Waals surface area contributed by atoms with Gasteiger partial charge in [0.2, 0.25) is 0 Å². The second kappa shape index (κ2) is 4.83. The first kappa shape index (κ1) is 13.0. The monoisotopic (exact) mass is 275 g/mol. The highest BCUT2D eigenvalue weighted by Gasteiger charge is 2.29. The van der Waals surface area contributed by atoms with Gasteiger partial charge in [0, 0.05) is 30.1 Å². The normalized spacial score (nSPS) is 18.8. The molecule has 0 saturated carbocycles. The number of aliphatic hydroxyl groups excluding tert-OH is 1. The summed E-state index contributed by atoms with van der Waals surface area (Å²) in [6, 6.07) is 5.51. The maximum atomic E-state index is 12.4. The Bertz CT molecular complexity index is 661. The molecule has 0 aliphatic carbocycles. The van der Waals surface area contributed by atoms with E-state index in [0.717, 1.165) is 10.9 Å². The van der Waals surface area contributed by atoms with E-state index in [-0.39, 0.29) is 5.91 Å². The van der Waals surface area contributed by atoms with Gasteiger partial charge < -0.3 is 19.2 Å². The molecule has 1 fully saturated rings. The van der Waals surface area contributed by atoms with E-state index in [1.165, 1.54) is 0 Å². The minimum Gasteiger partial charge on any atom is -0.497 e. The van der Waals surface area contributed by atoms with Crippen LogP contribution in [0.25, 0.3) is 11.0 Å². The topological polar surface area (TPSA) is 62.9 Å². The van der Waals surface area contributed by atoms with E-state index in [1.807, 2.05) is 19.1 Å². The Balaban J connectivity index is 1.99. The molecule has 1 aliphatic heterocycles. The number of methoxy groups -OCH3 is 1. The third-order valence-corrected chi connectivity index (χ3v) is 3.79. The van der Waals surface area contributed by atoms with Crippen molar-refractivity contribution in [2.24, 2.45) is 0 Å². The number of nitrogens with zero attached hydrogens (tertiary/aromatic N) is 1. The highest BCUT2D eigenvalue weighted by molar-refractivity contribution is 5.99. The van der Waals surface area contributed by atoms with Crippen molar-refractivity contribution >= 4 is 16.9 Å². The summed E-state index contributed by atoms with van der Waals surface area (Å²) in [5.74, 6) is 0.887. The highest BCUT2D eigenvalue weighted by Crippen LogP contribution is 2.29. The van der Waals surface area contributed by atoms with Crippen molar-refractivity contribution in [1.82, 2.24) is 4.90 Å². The van der Waals surface area contributed by atoms with Crippen molar-refractivity contribution in [3.05, 3.63) is 29.5 Å². The van der Waals surface area contributed by atoms with Gasteiger partial charge in [-0.3, -0.25) is 4.79 Å². The second-order valence-corrected chi connectivity index (χ2v) is 5.11. The molecule has 2 heterocycles. The lowest BCUT2D eigenvalue weighted by atomic mass is 10.1. The predicted octanol–water partition coefficient (Wildman–Crippen LogP) is 1.96. The molecule has 2 aromatic rings. The number of carbonyl (C=O) groups excluding carboxylic acids is 1. The molecule has 0 bridgehead atoms. The first-order valence-electron chi connectivity index (χ1n) is 6.64. The average Bonchev–Trinajstić information content (AvgIpc) is 3.02. The molecule has 1 aromatic carbocycles. The van der Waals surface area contributed by atoms with E-state index in [0.29, 0.717) is 36.6 Å². The first-order valence-corrected chi connectivity index (χ1v) is 6.64. The maximum absolute atomic E-state index is 12.4. The van der Waals surface area contributed by atoms with Gasteiger partial charge in [-0.1, -0.05) is 0 Å². The smallest absolute Gasteiger partial charge is 0.289 e. The van der Waals surface area contributed by atoms with E-state index in [2.05, 4.69) is 0 Å². The molecule has 0 radical (unpaired) electrons. The number of hydrogen-bond acceptors (Lipinski definition) is 4. The van der Waals surface area contributed by atoms with Crippen LogP contribution in [0.1, 0.15) is 22.5 Å². The van der Waals surface area contributed by atoms with E-state index in [1.54, 1.807) is 18.1 Å². The Labute approximate surface area is 116 Å². The van der Waals surface area contributed by atoms with Crippen LogP contribution in [-0.2, 0) is 0 Å². The molecule has 5 heteroatoms. The fraction of sp³-hybridized carbons (Fsp3) is 0.400. The van der Waals surface area contributed by atoms with Crippen molar-refractivity contribution in [2.75, 3.05) is 20.2 Å². The quantitative estimate of drug-likeness (QED) is 0.910. The molecule has 1 unspecified atom stereocenters. The third-order valence-electron chi connectivity index (χ3n) is 3.79. The van der Waals surface area contributed by atoms with E-state index in [9.17, 15) is 9.90 Å². The Kier molecular flexibility index (Phi) is 3.14. The third kappa shape index (κ3) is 2.04. The minimum absolute atomic E-state index is 0.158. The Morgan fingerprint density at radius 2 is 2.30 bits per heavy atom. The summed E-state index contributed by atoms with van der Waals surface area (Å²) in [5.41, 5.74) is 1.47. The number of fused-ring (bicyclic) bond motifs is 1. The van der Waals surface area contributed by atoms with Crippen LogP contribution in [0.15, 0.2) is 22.6 Å². The zero-order chi connectivity index (χ0) is 14.3. The van der Waals surface area contributed by atoms with Crippen LogP contribution >= 0.6 is 0 Å². The maximum Gasteiger partial charge on any atom is 0.289 e. The molecule has 1 saturated heterocycles. The number of carbonyl (C=O) groups is 1. The van der Waals surface area contributed by atoms with Crippen LogP contribution in [0.3, 0.4) is 0 Å². The van der Waals surface area contributed by atoms with E-state index >= 15 is 0 Å². The predicted molar refractivity (Wildman–Crippen MR) is 74.0 cm³/mol. The van der Waals surface area contributed by atoms with Crippen LogP contribution in [0.2, 0.25) is 0 Å². The molecular weight excluding hydrogens is 258 g/mol. The van der Waals surface area contributed by atoms with Gasteiger partial charge in [-0.25, -0.2) is 0 Å². The van der Waals surface area contributed by atoms with Crippen LogP contribution in [0.5, 0.6) is 5.75 Å². The van der Waals surface area contributed by atoms with E-state index < -0.39 is 6.10 Å². The number of β-amino-alcohol motifs (C(OH)–C–C–N with tert-alkyl or cyclic N) is 1. The molecule has 5 nitrogen and oxygen atoms in total. The van der Waals surface area contributed by atoms with Gasteiger partial charge in [-0.05, 0) is 25.5 Å². The number of hydrogen-bond donors (Lipinski definition) is 1. The Morgan fingerprint density at radius 3 is 2.95 bits per heavy atom. The van der Waals surface area contributed by atoms with Gasteiger partial charge in [-0.2, -0.15) is 0 Å². The van der Waals surface area contributed by atoms with Gasteiger partial charge in [0.05, 0.1) is 13.2 Å². The van der Waals surface area contributed by atoms with Crippen molar-refractivity contribution in [1.29, 1.82) is 0 Å². The minimum atomic E-state index is -0.427. The fourth-order valence-electron chi connectivity index (χ4n) is 2.61. The highest BCUT2D eigenvalue weighted by atomic mass is 16.5. The number of rotatable bonds is 2. The summed E-state index contributed by atoms with van der Waals surface area (Å²) >= 11 is 0. The largest absolute Gasteiger partial charge is 0.497 e. The van der Waals surface area contributed by atoms with Gasteiger partial charge in [0.25, 0.3) is 5.91 Å². The number of aryl methyl sites for hydroxylation is 1. The van der Waals surface area contributed by atoms with Gasteiger partial charge in [-0.15, -0.1) is 0 Å². The van der Waals surface area contributed by atoms with Crippen LogP contribution in [0.4, 0.5) is 0 Å². The molecule has 3 rings (SSSR count). The standard InChI is InChI=1S/C15H17NO4/c1-9-12-4-3-11(19-2)7-13(12)20-14(9)15(18)16-6-5-10(17)8-16/h3-4,7,10,17H,5-6,8H2,1-2H3. The summed E-state index contributed by atoms with van der Waals surface area (Å²) in [5, 5.41) is 10.4.